The van der Waals surface area contributed by atoms with Crippen molar-refractivity contribution in [2.75, 3.05) is 4.93 Å². The summed E-state index contributed by atoms with van der Waals surface area (Å²) in [6.45, 7) is 0. The minimum absolute atomic E-state index is 1.97. The smallest absolute Gasteiger partial charge is 0.195 e. The van der Waals surface area contributed by atoms with Gasteiger partial charge in [-0.3, -0.25) is 0 Å². The van der Waals surface area contributed by atoms with Gasteiger partial charge in [-0.25, -0.2) is 0 Å². The zero-order valence-corrected chi connectivity index (χ0v) is 7.84. The Morgan fingerprint density at radius 2 is 1.29 bits per heavy atom. The van der Waals surface area contributed by atoms with Crippen molar-refractivity contribution in [2.24, 2.45) is 0 Å². The van der Waals surface area contributed by atoms with Crippen LogP contribution in [0.2, 0.25) is 0 Å². The highest BCUT2D eigenvalue weighted by Crippen LogP contribution is 1.98. The maximum absolute atomic E-state index is 9.16. The van der Waals surface area contributed by atoms with E-state index < -0.39 is 8.26 Å². The van der Waals surface area contributed by atoms with Crippen molar-refractivity contribution in [3.63, 3.8) is 0 Å². The average molecular weight is 277 g/mol. The molecule has 7 heavy (non-hydrogen) atoms. The Labute approximate surface area is 65.2 Å². The molecule has 0 amide bonds. The standard InChI is InChI=1S/CH3I.Cl2O2S/c1-2;1-5(2,3)4/h1H3;. The fourth-order valence-corrected chi connectivity index (χ4v) is 0. The molecule has 0 saturated carbocycles. The van der Waals surface area contributed by atoms with Crippen molar-refractivity contribution in [2.45, 2.75) is 0 Å². The summed E-state index contributed by atoms with van der Waals surface area (Å²) in [7, 11) is 4.81. The average Bonchev–Trinajstić information content (AvgIpc) is 1.36. The number of halogens is 3. The number of hydrogen-bond donors (Lipinski definition) is 0. The first-order chi connectivity index (χ1) is 3.00. The highest BCUT2D eigenvalue weighted by Gasteiger charge is 1.88. The summed E-state index contributed by atoms with van der Waals surface area (Å²) >= 11 is 2.15. The van der Waals surface area contributed by atoms with Gasteiger partial charge in [0.15, 0.2) is 0 Å². The summed E-state index contributed by atoms with van der Waals surface area (Å²) in [5.74, 6) is 0. The Morgan fingerprint density at radius 3 is 1.29 bits per heavy atom. The zero-order chi connectivity index (χ0) is 6.50. The summed E-state index contributed by atoms with van der Waals surface area (Å²) in [5, 5.41) is 0. The lowest BCUT2D eigenvalue weighted by molar-refractivity contribution is 0.621. The van der Waals surface area contributed by atoms with Crippen LogP contribution in [0.3, 0.4) is 0 Å². The van der Waals surface area contributed by atoms with Gasteiger partial charge in [0.1, 0.15) is 0 Å². The summed E-state index contributed by atoms with van der Waals surface area (Å²) in [5.41, 5.74) is 0. The van der Waals surface area contributed by atoms with Crippen LogP contribution in [-0.2, 0) is 8.26 Å². The molecular weight excluding hydrogens is 274 g/mol. The molecule has 0 unspecified atom stereocenters. The van der Waals surface area contributed by atoms with Gasteiger partial charge >= 0.3 is 8.26 Å². The molecule has 0 saturated heterocycles. The highest BCUT2D eigenvalue weighted by molar-refractivity contribution is 14.1. The Kier molecular flexibility index (Phi) is 8.57. The summed E-state index contributed by atoms with van der Waals surface area (Å²) in [6, 6.07) is 0. The molecule has 0 spiro atoms. The fourth-order valence-electron chi connectivity index (χ4n) is 0. The fraction of sp³-hybridized carbons (Fsp3) is 1.00. The molecule has 0 aromatic carbocycles. The quantitative estimate of drug-likeness (QED) is 0.384. The van der Waals surface area contributed by atoms with Gasteiger partial charge in [-0.1, -0.05) is 22.6 Å². The van der Waals surface area contributed by atoms with Gasteiger partial charge in [-0.05, 0) is 4.93 Å². The van der Waals surface area contributed by atoms with E-state index in [1.807, 2.05) is 4.93 Å². The Balaban J connectivity index is 0. The lowest BCUT2D eigenvalue weighted by Crippen LogP contribution is -1.63. The summed E-state index contributed by atoms with van der Waals surface area (Å²) in [6.07, 6.45) is 0. The van der Waals surface area contributed by atoms with E-state index in [1.165, 1.54) is 0 Å². The Bertz CT molecular complexity index is 98.9. The normalized spacial score (nSPS) is 9.14. The van der Waals surface area contributed by atoms with Gasteiger partial charge in [0.2, 0.25) is 0 Å². The Hall–Kier alpha value is 1.26. The topological polar surface area (TPSA) is 34.1 Å². The monoisotopic (exact) mass is 276 g/mol. The molecule has 6 heteroatoms. The van der Waals surface area contributed by atoms with E-state index in [2.05, 4.69) is 44.0 Å². The molecule has 0 bridgehead atoms. The molecule has 0 aromatic heterocycles. The second-order valence-corrected chi connectivity index (χ2v) is 4.05. The van der Waals surface area contributed by atoms with E-state index >= 15 is 0 Å². The number of rotatable bonds is 0. The molecule has 2 nitrogen and oxygen atoms in total. The molecule has 46 valence electrons. The molecule has 0 aliphatic heterocycles. The third-order valence-electron chi connectivity index (χ3n) is 0. The maximum Gasteiger partial charge on any atom is 0.317 e. The molecule has 0 aliphatic carbocycles. The van der Waals surface area contributed by atoms with E-state index in [9.17, 15) is 0 Å². The third-order valence-corrected chi connectivity index (χ3v) is 0. The van der Waals surface area contributed by atoms with Crippen molar-refractivity contribution < 1.29 is 8.42 Å². The van der Waals surface area contributed by atoms with Crippen LogP contribution in [-0.4, -0.2) is 13.3 Å². The molecule has 0 atom stereocenters. The van der Waals surface area contributed by atoms with Crippen LogP contribution in [0.25, 0.3) is 0 Å². The minimum atomic E-state index is -3.72. The van der Waals surface area contributed by atoms with Crippen LogP contribution in [0.5, 0.6) is 0 Å². The summed E-state index contributed by atoms with van der Waals surface area (Å²) < 4.78 is 18.3. The predicted molar refractivity (Wildman–Crippen MR) is 40.6 cm³/mol. The predicted octanol–water partition coefficient (Wildman–Crippen LogP) is 1.76. The molecule has 0 N–H and O–H groups in total. The van der Waals surface area contributed by atoms with Crippen LogP contribution in [0.4, 0.5) is 0 Å². The third kappa shape index (κ3) is 127. The van der Waals surface area contributed by atoms with Crippen molar-refractivity contribution in [3.05, 3.63) is 0 Å². The van der Waals surface area contributed by atoms with Crippen molar-refractivity contribution in [3.8, 4) is 0 Å². The van der Waals surface area contributed by atoms with Gasteiger partial charge in [-0.15, -0.1) is 0 Å². The number of alkyl halides is 1. The minimum Gasteiger partial charge on any atom is -0.195 e. The molecule has 0 rings (SSSR count). The zero-order valence-electron chi connectivity index (χ0n) is 3.36. The lowest BCUT2D eigenvalue weighted by Gasteiger charge is -1.61. The van der Waals surface area contributed by atoms with Crippen LogP contribution in [0.1, 0.15) is 0 Å². The van der Waals surface area contributed by atoms with Crippen molar-refractivity contribution in [1.29, 1.82) is 0 Å². The van der Waals surface area contributed by atoms with E-state index in [0.29, 0.717) is 0 Å². The molecule has 0 fully saturated rings. The molecule has 0 heterocycles. The second-order valence-electron chi connectivity index (χ2n) is 0.378. The van der Waals surface area contributed by atoms with Gasteiger partial charge in [-0.2, -0.15) is 8.42 Å². The first kappa shape index (κ1) is 11.1. The Morgan fingerprint density at radius 1 is 1.29 bits per heavy atom. The highest BCUT2D eigenvalue weighted by atomic mass is 127. The molecule has 0 aliphatic rings. The summed E-state index contributed by atoms with van der Waals surface area (Å²) in [4.78, 5) is 1.97. The second kappa shape index (κ2) is 5.40. The molecule has 0 aromatic rings. The van der Waals surface area contributed by atoms with Crippen LogP contribution in [0, 0.1) is 0 Å². The van der Waals surface area contributed by atoms with Gasteiger partial charge < -0.3 is 0 Å². The van der Waals surface area contributed by atoms with E-state index in [4.69, 9.17) is 8.42 Å². The van der Waals surface area contributed by atoms with Crippen molar-refractivity contribution >= 4 is 52.2 Å². The van der Waals surface area contributed by atoms with Crippen LogP contribution in [0.15, 0.2) is 0 Å². The maximum atomic E-state index is 9.16. The van der Waals surface area contributed by atoms with Crippen LogP contribution >= 0.6 is 44.0 Å². The largest absolute Gasteiger partial charge is 0.317 e. The SMILES string of the molecule is CI.O=S(=O)(Cl)Cl. The number of hydrogen-bond acceptors (Lipinski definition) is 2. The van der Waals surface area contributed by atoms with Gasteiger partial charge in [0.25, 0.3) is 0 Å². The molecular formula is CH3Cl2IO2S. The van der Waals surface area contributed by atoms with Gasteiger partial charge in [0, 0.05) is 21.4 Å². The van der Waals surface area contributed by atoms with E-state index in [0.717, 1.165) is 0 Å². The first-order valence-corrected chi connectivity index (χ1v) is 6.31. The van der Waals surface area contributed by atoms with Crippen LogP contribution < -0.4 is 0 Å². The van der Waals surface area contributed by atoms with E-state index in [-0.39, 0.29) is 0 Å². The van der Waals surface area contributed by atoms with Crippen molar-refractivity contribution in [1.82, 2.24) is 0 Å². The first-order valence-electron chi connectivity index (χ1n) is 1.02. The van der Waals surface area contributed by atoms with E-state index in [1.54, 1.807) is 0 Å². The molecule has 0 radical (unpaired) electrons. The lowest BCUT2D eigenvalue weighted by atomic mass is 12.0. The van der Waals surface area contributed by atoms with Gasteiger partial charge in [0.05, 0.1) is 0 Å².